The number of ether oxygens (including phenoxy) is 2. The highest BCUT2D eigenvalue weighted by atomic mass is 19.4. The molecule has 144 valence electrons. The summed E-state index contributed by atoms with van der Waals surface area (Å²) in [6.45, 7) is 0.232. The van der Waals surface area contributed by atoms with Gasteiger partial charge in [-0.05, 0) is 29.8 Å². The maximum Gasteiger partial charge on any atom is 0.416 e. The van der Waals surface area contributed by atoms with Gasteiger partial charge in [0.1, 0.15) is 6.61 Å². The van der Waals surface area contributed by atoms with Crippen molar-refractivity contribution in [1.82, 2.24) is 0 Å². The summed E-state index contributed by atoms with van der Waals surface area (Å²) in [5.74, 6) is 0.149. The molecule has 0 saturated carbocycles. The summed E-state index contributed by atoms with van der Waals surface area (Å²) in [6, 6.07) is 17.8. The number of rotatable bonds is 6. The van der Waals surface area contributed by atoms with Gasteiger partial charge in [-0.25, -0.2) is 0 Å². The van der Waals surface area contributed by atoms with Gasteiger partial charge in [-0.3, -0.25) is 10.1 Å². The molecule has 0 unspecified atom stereocenters. The van der Waals surface area contributed by atoms with E-state index in [0.29, 0.717) is 11.8 Å². The van der Waals surface area contributed by atoms with Gasteiger partial charge >= 0.3 is 11.9 Å². The van der Waals surface area contributed by atoms with Crippen molar-refractivity contribution in [1.29, 1.82) is 0 Å². The highest BCUT2D eigenvalue weighted by Gasteiger charge is 2.33. The number of nitrogens with zero attached hydrogens (tertiary/aromatic N) is 1. The third-order valence-corrected chi connectivity index (χ3v) is 3.79. The molecular formula is C20H14F3NO4. The zero-order chi connectivity index (χ0) is 20.1. The quantitative estimate of drug-likeness (QED) is 0.384. The molecule has 0 aliphatic heterocycles. The Morgan fingerprint density at radius 2 is 1.50 bits per heavy atom. The van der Waals surface area contributed by atoms with E-state index in [1.165, 1.54) is 6.07 Å². The lowest BCUT2D eigenvalue weighted by Crippen LogP contribution is -2.06. The first-order chi connectivity index (χ1) is 13.3. The molecular weight excluding hydrogens is 375 g/mol. The smallest absolute Gasteiger partial charge is 0.416 e. The van der Waals surface area contributed by atoms with Crippen LogP contribution in [0.15, 0.2) is 72.8 Å². The molecule has 0 radical (unpaired) electrons. The van der Waals surface area contributed by atoms with Crippen molar-refractivity contribution in [3.05, 3.63) is 94.0 Å². The van der Waals surface area contributed by atoms with Crippen molar-refractivity contribution in [2.45, 2.75) is 12.8 Å². The Hall–Kier alpha value is -3.55. The van der Waals surface area contributed by atoms with Gasteiger partial charge in [-0.2, -0.15) is 13.2 Å². The Labute approximate surface area is 158 Å². The zero-order valence-electron chi connectivity index (χ0n) is 14.3. The maximum atomic E-state index is 12.8. The average Bonchev–Trinajstić information content (AvgIpc) is 2.67. The Morgan fingerprint density at radius 3 is 2.14 bits per heavy atom. The number of nitro benzene ring substituents is 1. The number of hydrogen-bond donors (Lipinski definition) is 0. The number of benzene rings is 3. The Balaban J connectivity index is 1.87. The molecule has 0 heterocycles. The first kappa shape index (κ1) is 19.2. The third-order valence-electron chi connectivity index (χ3n) is 3.79. The van der Waals surface area contributed by atoms with Gasteiger partial charge in [-0.1, -0.05) is 42.5 Å². The first-order valence-electron chi connectivity index (χ1n) is 8.14. The minimum atomic E-state index is -4.69. The van der Waals surface area contributed by atoms with E-state index in [1.807, 2.05) is 30.3 Å². The van der Waals surface area contributed by atoms with E-state index in [4.69, 9.17) is 9.47 Å². The second-order valence-corrected chi connectivity index (χ2v) is 5.76. The molecule has 3 aromatic carbocycles. The van der Waals surface area contributed by atoms with Crippen LogP contribution >= 0.6 is 0 Å². The lowest BCUT2D eigenvalue weighted by atomic mass is 10.2. The fourth-order valence-electron chi connectivity index (χ4n) is 2.43. The molecule has 0 spiro atoms. The normalized spacial score (nSPS) is 11.1. The molecule has 0 aliphatic rings. The highest BCUT2D eigenvalue weighted by molar-refractivity contribution is 5.53. The number of para-hydroxylation sites is 2. The molecule has 0 fully saturated rings. The SMILES string of the molecule is O=[N+]([O-])c1cc(C(F)(F)F)ccc1Oc1ccccc1OCc1ccccc1. The van der Waals surface area contributed by atoms with Crippen LogP contribution in [0.3, 0.4) is 0 Å². The molecule has 3 rings (SSSR count). The fourth-order valence-corrected chi connectivity index (χ4v) is 2.43. The predicted molar refractivity (Wildman–Crippen MR) is 95.4 cm³/mol. The third kappa shape index (κ3) is 4.59. The van der Waals surface area contributed by atoms with E-state index in [1.54, 1.807) is 18.2 Å². The standard InChI is InChI=1S/C20H14F3NO4/c21-20(22,23)15-10-11-17(16(12-15)24(25)26)28-19-9-5-4-8-18(19)27-13-14-6-2-1-3-7-14/h1-12H,13H2. The van der Waals surface area contributed by atoms with Crippen molar-refractivity contribution in [2.75, 3.05) is 0 Å². The lowest BCUT2D eigenvalue weighted by molar-refractivity contribution is -0.385. The van der Waals surface area contributed by atoms with Crippen LogP contribution in [0.2, 0.25) is 0 Å². The summed E-state index contributed by atoms with van der Waals surface area (Å²) in [4.78, 5) is 10.3. The molecule has 0 N–H and O–H groups in total. The summed E-state index contributed by atoms with van der Waals surface area (Å²) < 4.78 is 49.7. The Bertz CT molecular complexity index is 975. The molecule has 0 atom stereocenters. The molecule has 8 heteroatoms. The lowest BCUT2D eigenvalue weighted by Gasteiger charge is -2.13. The first-order valence-corrected chi connectivity index (χ1v) is 8.14. The van der Waals surface area contributed by atoms with Gasteiger partial charge in [0.25, 0.3) is 0 Å². The summed E-state index contributed by atoms with van der Waals surface area (Å²) >= 11 is 0. The van der Waals surface area contributed by atoms with Crippen LogP contribution < -0.4 is 9.47 Å². The summed E-state index contributed by atoms with van der Waals surface area (Å²) in [5.41, 5.74) is -1.01. The van der Waals surface area contributed by atoms with Crippen LogP contribution in [0.5, 0.6) is 17.2 Å². The second kappa shape index (κ2) is 7.99. The molecule has 0 amide bonds. The van der Waals surface area contributed by atoms with Gasteiger partial charge in [-0.15, -0.1) is 0 Å². The average molecular weight is 389 g/mol. The molecule has 5 nitrogen and oxygen atoms in total. The molecule has 0 saturated heterocycles. The van der Waals surface area contributed by atoms with Gasteiger partial charge in [0, 0.05) is 6.07 Å². The predicted octanol–water partition coefficient (Wildman–Crippen LogP) is 5.98. The minimum absolute atomic E-state index is 0.154. The Morgan fingerprint density at radius 1 is 0.857 bits per heavy atom. The van der Waals surface area contributed by atoms with Gasteiger partial charge in [0.05, 0.1) is 10.5 Å². The van der Waals surface area contributed by atoms with Crippen LogP contribution in [-0.2, 0) is 12.8 Å². The van der Waals surface area contributed by atoms with Crippen LogP contribution in [0.1, 0.15) is 11.1 Å². The molecule has 0 aromatic heterocycles. The zero-order valence-corrected chi connectivity index (χ0v) is 14.3. The van der Waals surface area contributed by atoms with Crippen LogP contribution in [-0.4, -0.2) is 4.92 Å². The van der Waals surface area contributed by atoms with E-state index in [0.717, 1.165) is 17.7 Å². The monoisotopic (exact) mass is 389 g/mol. The van der Waals surface area contributed by atoms with Crippen molar-refractivity contribution < 1.29 is 27.6 Å². The summed E-state index contributed by atoms with van der Waals surface area (Å²) in [7, 11) is 0. The van der Waals surface area contributed by atoms with Crippen LogP contribution in [0.25, 0.3) is 0 Å². The summed E-state index contributed by atoms with van der Waals surface area (Å²) in [5, 5.41) is 11.2. The Kier molecular flexibility index (Phi) is 5.49. The molecule has 28 heavy (non-hydrogen) atoms. The van der Waals surface area contributed by atoms with Gasteiger partial charge in [0.15, 0.2) is 11.5 Å². The van der Waals surface area contributed by atoms with Crippen molar-refractivity contribution >= 4 is 5.69 Å². The minimum Gasteiger partial charge on any atom is -0.485 e. The van der Waals surface area contributed by atoms with E-state index in [-0.39, 0.29) is 18.1 Å². The van der Waals surface area contributed by atoms with Gasteiger partial charge < -0.3 is 9.47 Å². The largest absolute Gasteiger partial charge is 0.485 e. The van der Waals surface area contributed by atoms with Gasteiger partial charge in [0.2, 0.25) is 5.75 Å². The van der Waals surface area contributed by atoms with Crippen LogP contribution in [0.4, 0.5) is 18.9 Å². The fraction of sp³-hybridized carbons (Fsp3) is 0.100. The number of nitro groups is 1. The topological polar surface area (TPSA) is 61.6 Å². The van der Waals surface area contributed by atoms with Crippen molar-refractivity contribution in [2.24, 2.45) is 0 Å². The maximum absolute atomic E-state index is 12.8. The number of alkyl halides is 3. The second-order valence-electron chi connectivity index (χ2n) is 5.76. The van der Waals surface area contributed by atoms with Crippen LogP contribution in [0, 0.1) is 10.1 Å². The van der Waals surface area contributed by atoms with Crippen molar-refractivity contribution in [3.63, 3.8) is 0 Å². The van der Waals surface area contributed by atoms with Crippen molar-refractivity contribution in [3.8, 4) is 17.2 Å². The highest BCUT2D eigenvalue weighted by Crippen LogP contribution is 2.40. The van der Waals surface area contributed by atoms with E-state index in [9.17, 15) is 23.3 Å². The molecule has 3 aromatic rings. The van der Waals surface area contributed by atoms with E-state index < -0.39 is 22.4 Å². The molecule has 0 aliphatic carbocycles. The van der Waals surface area contributed by atoms with E-state index in [2.05, 4.69) is 0 Å². The number of halogens is 3. The molecule has 0 bridgehead atoms. The van der Waals surface area contributed by atoms with E-state index >= 15 is 0 Å². The number of hydrogen-bond acceptors (Lipinski definition) is 4. The summed E-state index contributed by atoms with van der Waals surface area (Å²) in [6.07, 6.45) is -4.69.